The van der Waals surface area contributed by atoms with Crippen molar-refractivity contribution in [3.05, 3.63) is 53.6 Å². The number of nitrogen functional groups attached to an aromatic ring is 1. The fourth-order valence-electron chi connectivity index (χ4n) is 1.90. The van der Waals surface area contributed by atoms with Crippen molar-refractivity contribution in [2.75, 3.05) is 10.5 Å². The van der Waals surface area contributed by atoms with Gasteiger partial charge in [-0.2, -0.15) is 0 Å². The van der Waals surface area contributed by atoms with Gasteiger partial charge >= 0.3 is 0 Å². The van der Waals surface area contributed by atoms with Crippen molar-refractivity contribution in [2.24, 2.45) is 0 Å². The van der Waals surface area contributed by atoms with E-state index in [1.165, 1.54) is 12.1 Å². The monoisotopic (exact) mass is 312 g/mol. The number of hydrogen-bond acceptors (Lipinski definition) is 3. The number of nitrogens with two attached hydrogens (primary N) is 1. The Kier molecular flexibility index (Phi) is 4.13. The molecule has 7 heteroatoms. The molecule has 112 valence electrons. The van der Waals surface area contributed by atoms with Crippen LogP contribution < -0.4 is 10.5 Å². The van der Waals surface area contributed by atoms with Crippen LogP contribution in [0.2, 0.25) is 0 Å². The third-order valence-electron chi connectivity index (χ3n) is 2.96. The van der Waals surface area contributed by atoms with E-state index >= 15 is 0 Å². The van der Waals surface area contributed by atoms with Crippen LogP contribution >= 0.6 is 0 Å². The van der Waals surface area contributed by atoms with E-state index in [2.05, 4.69) is 0 Å². The second kappa shape index (κ2) is 5.69. The van der Waals surface area contributed by atoms with Crippen LogP contribution in [0.25, 0.3) is 0 Å². The van der Waals surface area contributed by atoms with Gasteiger partial charge in [0, 0.05) is 5.69 Å². The van der Waals surface area contributed by atoms with Crippen molar-refractivity contribution in [1.29, 1.82) is 0 Å². The molecule has 0 amide bonds. The molecule has 0 saturated heterocycles. The molecule has 4 nitrogen and oxygen atoms in total. The first-order chi connectivity index (χ1) is 9.85. The number of sulfonamides is 1. The molecule has 0 atom stereocenters. The molecule has 21 heavy (non-hydrogen) atoms. The summed E-state index contributed by atoms with van der Waals surface area (Å²) >= 11 is 0. The maximum absolute atomic E-state index is 13.6. The highest BCUT2D eigenvalue weighted by atomic mass is 32.2. The first-order valence-corrected chi connectivity index (χ1v) is 7.68. The fraction of sp³-hybridized carbons (Fsp3) is 0.143. The summed E-state index contributed by atoms with van der Waals surface area (Å²) in [5, 5.41) is 0. The van der Waals surface area contributed by atoms with Gasteiger partial charge in [0.05, 0.1) is 10.6 Å². The molecule has 0 aliphatic carbocycles. The highest BCUT2D eigenvalue weighted by molar-refractivity contribution is 7.92. The number of halogens is 2. The van der Waals surface area contributed by atoms with Crippen molar-refractivity contribution >= 4 is 21.4 Å². The highest BCUT2D eigenvalue weighted by Gasteiger charge is 2.20. The zero-order valence-electron chi connectivity index (χ0n) is 11.2. The number of benzene rings is 2. The summed E-state index contributed by atoms with van der Waals surface area (Å²) in [4.78, 5) is -0.0475. The van der Waals surface area contributed by atoms with Gasteiger partial charge in [0.15, 0.2) is 11.6 Å². The summed E-state index contributed by atoms with van der Waals surface area (Å²) in [6.07, 6.45) is 0.460. The van der Waals surface area contributed by atoms with E-state index in [0.29, 0.717) is 12.0 Å². The zero-order chi connectivity index (χ0) is 15.6. The molecule has 0 radical (unpaired) electrons. The lowest BCUT2D eigenvalue weighted by molar-refractivity contribution is 0.511. The molecular weight excluding hydrogens is 298 g/mol. The number of nitrogens with one attached hydrogen (secondary N) is 1. The van der Waals surface area contributed by atoms with Crippen LogP contribution in [-0.4, -0.2) is 8.42 Å². The lowest BCUT2D eigenvalue weighted by Crippen LogP contribution is -2.16. The molecule has 0 aromatic heterocycles. The predicted octanol–water partition coefficient (Wildman–Crippen LogP) is 2.91. The summed E-state index contributed by atoms with van der Waals surface area (Å²) in [6, 6.07) is 7.74. The zero-order valence-corrected chi connectivity index (χ0v) is 12.0. The Labute approximate surface area is 121 Å². The third-order valence-corrected chi connectivity index (χ3v) is 4.41. The minimum atomic E-state index is -4.05. The molecule has 0 unspecified atom stereocenters. The van der Waals surface area contributed by atoms with Gasteiger partial charge in [0.1, 0.15) is 0 Å². The molecule has 2 aromatic rings. The normalized spacial score (nSPS) is 11.4. The summed E-state index contributed by atoms with van der Waals surface area (Å²) in [5.74, 6) is -2.37. The van der Waals surface area contributed by atoms with Crippen LogP contribution in [0.1, 0.15) is 12.5 Å². The first-order valence-electron chi connectivity index (χ1n) is 6.20. The Hall–Kier alpha value is -2.15. The second-order valence-corrected chi connectivity index (χ2v) is 6.08. The van der Waals surface area contributed by atoms with Gasteiger partial charge in [0.2, 0.25) is 0 Å². The Morgan fingerprint density at radius 1 is 1.19 bits per heavy atom. The molecule has 0 saturated carbocycles. The summed E-state index contributed by atoms with van der Waals surface area (Å²) in [5.41, 5.74) is 5.96. The Bertz CT molecular complexity index is 777. The molecule has 0 aliphatic heterocycles. The van der Waals surface area contributed by atoms with Crippen LogP contribution in [-0.2, 0) is 16.4 Å². The molecule has 0 fully saturated rings. The number of hydrogen-bond donors (Lipinski definition) is 2. The van der Waals surface area contributed by atoms with E-state index in [9.17, 15) is 17.2 Å². The summed E-state index contributed by atoms with van der Waals surface area (Å²) in [6.45, 7) is 1.79. The first kappa shape index (κ1) is 15.2. The SMILES string of the molecule is CCc1ccc(N)cc1S(=O)(=O)Nc1cccc(F)c1F. The molecule has 2 rings (SSSR count). The number of rotatable bonds is 4. The van der Waals surface area contributed by atoms with Gasteiger partial charge in [-0.1, -0.05) is 19.1 Å². The van der Waals surface area contributed by atoms with Gasteiger partial charge in [-0.15, -0.1) is 0 Å². The lowest BCUT2D eigenvalue weighted by atomic mass is 10.1. The lowest BCUT2D eigenvalue weighted by Gasteiger charge is -2.13. The highest BCUT2D eigenvalue weighted by Crippen LogP contribution is 2.24. The molecule has 0 spiro atoms. The van der Waals surface area contributed by atoms with Gasteiger partial charge in [-0.25, -0.2) is 17.2 Å². The smallest absolute Gasteiger partial charge is 0.262 e. The molecule has 2 aromatic carbocycles. The molecular formula is C14H14F2N2O2S. The van der Waals surface area contributed by atoms with Crippen LogP contribution in [0.4, 0.5) is 20.2 Å². The van der Waals surface area contributed by atoms with Crippen LogP contribution in [0, 0.1) is 11.6 Å². The third kappa shape index (κ3) is 3.13. The summed E-state index contributed by atoms with van der Waals surface area (Å²) in [7, 11) is -4.05. The van der Waals surface area contributed by atoms with E-state index in [-0.39, 0.29) is 10.6 Å². The van der Waals surface area contributed by atoms with Gasteiger partial charge in [-0.05, 0) is 36.2 Å². The van der Waals surface area contributed by atoms with Crippen molar-refractivity contribution in [3.63, 3.8) is 0 Å². The summed E-state index contributed by atoms with van der Waals surface area (Å²) < 4.78 is 53.4. The Balaban J connectivity index is 2.48. The average molecular weight is 312 g/mol. The van der Waals surface area contributed by atoms with Crippen LogP contribution in [0.3, 0.4) is 0 Å². The van der Waals surface area contributed by atoms with E-state index in [4.69, 9.17) is 5.73 Å². The number of aryl methyl sites for hydroxylation is 1. The topological polar surface area (TPSA) is 72.2 Å². The standard InChI is InChI=1S/C14H14F2N2O2S/c1-2-9-6-7-10(17)8-13(9)21(19,20)18-12-5-3-4-11(15)14(12)16/h3-8,18H,2,17H2,1H3. The van der Waals surface area contributed by atoms with Gasteiger partial charge in [-0.3, -0.25) is 4.72 Å². The van der Waals surface area contributed by atoms with E-state index in [0.717, 1.165) is 12.1 Å². The largest absolute Gasteiger partial charge is 0.399 e. The molecule has 3 N–H and O–H groups in total. The van der Waals surface area contributed by atoms with E-state index in [1.54, 1.807) is 19.1 Å². The Morgan fingerprint density at radius 3 is 2.57 bits per heavy atom. The number of anilines is 2. The Morgan fingerprint density at radius 2 is 1.90 bits per heavy atom. The molecule has 0 heterocycles. The van der Waals surface area contributed by atoms with Crippen molar-refractivity contribution in [2.45, 2.75) is 18.2 Å². The van der Waals surface area contributed by atoms with Gasteiger partial charge < -0.3 is 5.73 Å². The minimum absolute atomic E-state index is 0.0475. The average Bonchev–Trinajstić information content (AvgIpc) is 2.44. The van der Waals surface area contributed by atoms with Crippen molar-refractivity contribution in [3.8, 4) is 0 Å². The van der Waals surface area contributed by atoms with E-state index < -0.39 is 27.3 Å². The maximum Gasteiger partial charge on any atom is 0.262 e. The van der Waals surface area contributed by atoms with E-state index in [1.807, 2.05) is 4.72 Å². The fourth-order valence-corrected chi connectivity index (χ4v) is 3.30. The van der Waals surface area contributed by atoms with Crippen LogP contribution in [0.5, 0.6) is 0 Å². The maximum atomic E-state index is 13.6. The second-order valence-electron chi connectivity index (χ2n) is 4.43. The molecule has 0 bridgehead atoms. The predicted molar refractivity (Wildman–Crippen MR) is 77.4 cm³/mol. The van der Waals surface area contributed by atoms with Crippen molar-refractivity contribution in [1.82, 2.24) is 0 Å². The van der Waals surface area contributed by atoms with Crippen molar-refractivity contribution < 1.29 is 17.2 Å². The van der Waals surface area contributed by atoms with Gasteiger partial charge in [0.25, 0.3) is 10.0 Å². The minimum Gasteiger partial charge on any atom is -0.399 e. The molecule has 0 aliphatic rings. The van der Waals surface area contributed by atoms with Crippen LogP contribution in [0.15, 0.2) is 41.3 Å². The quantitative estimate of drug-likeness (QED) is 0.853.